The fraction of sp³-hybridized carbons (Fsp3) is 0.400. The summed E-state index contributed by atoms with van der Waals surface area (Å²) in [4.78, 5) is 19.2. The summed E-state index contributed by atoms with van der Waals surface area (Å²) >= 11 is 0. The van der Waals surface area contributed by atoms with Crippen molar-refractivity contribution >= 4 is 21.5 Å². The highest BCUT2D eigenvalue weighted by Crippen LogP contribution is 2.31. The summed E-state index contributed by atoms with van der Waals surface area (Å²) in [6.07, 6.45) is 2.02. The molecule has 10 nitrogen and oxygen atoms in total. The maximum Gasteiger partial charge on any atom is 0.316 e. The Bertz CT molecular complexity index is 1510. The summed E-state index contributed by atoms with van der Waals surface area (Å²) in [6, 6.07) is 5.83. The Labute approximate surface area is 222 Å². The van der Waals surface area contributed by atoms with Crippen LogP contribution in [0.4, 0.5) is 24.7 Å². The smallest absolute Gasteiger partial charge is 0.316 e. The van der Waals surface area contributed by atoms with Crippen LogP contribution in [0.2, 0.25) is 0 Å². The number of nitrogens with two attached hydrogens (primary N) is 1. The van der Waals surface area contributed by atoms with Gasteiger partial charge in [0.25, 0.3) is 0 Å². The average molecular weight is 565 g/mol. The number of nitrogen functional groups attached to an aromatic ring is 1. The van der Waals surface area contributed by atoms with E-state index in [4.69, 9.17) is 10.5 Å². The van der Waals surface area contributed by atoms with Gasteiger partial charge in [-0.1, -0.05) is 6.07 Å². The first-order valence-electron chi connectivity index (χ1n) is 12.4. The van der Waals surface area contributed by atoms with Crippen molar-refractivity contribution in [1.29, 1.82) is 0 Å². The number of aromatic nitrogens is 3. The number of sulfonamides is 1. The highest BCUT2D eigenvalue weighted by Gasteiger charge is 2.32. The molecule has 0 bridgehead atoms. The molecule has 208 valence electrons. The van der Waals surface area contributed by atoms with E-state index in [0.717, 1.165) is 16.8 Å². The lowest BCUT2D eigenvalue weighted by molar-refractivity contribution is 0.193. The molecule has 1 saturated heterocycles. The number of anilines is 2. The van der Waals surface area contributed by atoms with E-state index in [0.29, 0.717) is 30.2 Å². The zero-order valence-corrected chi connectivity index (χ0v) is 21.7. The second-order valence-corrected chi connectivity index (χ2v) is 11.5. The minimum atomic E-state index is -3.70. The van der Waals surface area contributed by atoms with Crippen molar-refractivity contribution in [1.82, 2.24) is 19.1 Å². The molecule has 14 heteroatoms. The summed E-state index contributed by atoms with van der Waals surface area (Å²) in [5.74, 6) is -2.05. The molecule has 1 aromatic carbocycles. The topological polar surface area (TPSA) is 124 Å². The third kappa shape index (κ3) is 5.86. The van der Waals surface area contributed by atoms with Crippen LogP contribution in [0.25, 0.3) is 5.69 Å². The highest BCUT2D eigenvalue weighted by atomic mass is 32.2. The third-order valence-electron chi connectivity index (χ3n) is 6.85. The van der Waals surface area contributed by atoms with Crippen LogP contribution in [-0.4, -0.2) is 65.9 Å². The Morgan fingerprint density at radius 1 is 1.08 bits per heavy atom. The van der Waals surface area contributed by atoms with Crippen LogP contribution in [0, 0.1) is 11.6 Å². The van der Waals surface area contributed by atoms with Crippen LogP contribution in [0.15, 0.2) is 47.5 Å². The van der Waals surface area contributed by atoms with Gasteiger partial charge in [0.15, 0.2) is 0 Å². The molecule has 5 rings (SSSR count). The Kier molecular flexibility index (Phi) is 7.49. The number of hydrogen-bond acceptors (Lipinski definition) is 8. The zero-order valence-electron chi connectivity index (χ0n) is 20.8. The van der Waals surface area contributed by atoms with Gasteiger partial charge in [-0.2, -0.15) is 14.1 Å². The van der Waals surface area contributed by atoms with E-state index in [1.54, 1.807) is 17.0 Å². The van der Waals surface area contributed by atoms with Crippen LogP contribution < -0.4 is 20.9 Å². The standard InChI is InChI=1S/C25H27F3N6O4S/c26-17-3-4-21(13-17)38-23-22(14-31-34(25(23)35)20-11-18(27)10-19(28)12-20)32-6-8-33(9-7-32)39(36,37)15-16-2-1-5-30-24(16)29/h1-2,5,10-12,14,17,21H,3-4,6-9,13,15H2,(H2,29,30). The van der Waals surface area contributed by atoms with Gasteiger partial charge in [0.2, 0.25) is 15.8 Å². The maximum atomic E-state index is 13.9. The Balaban J connectivity index is 1.40. The van der Waals surface area contributed by atoms with E-state index in [9.17, 15) is 26.4 Å². The molecule has 1 aliphatic carbocycles. The number of pyridine rings is 1. The van der Waals surface area contributed by atoms with E-state index in [1.807, 2.05) is 0 Å². The minimum Gasteiger partial charge on any atom is -0.483 e. The molecule has 3 heterocycles. The number of rotatable bonds is 7. The van der Waals surface area contributed by atoms with Crippen LogP contribution >= 0.6 is 0 Å². The van der Waals surface area contributed by atoms with Gasteiger partial charge in [-0.15, -0.1) is 0 Å². The van der Waals surface area contributed by atoms with Gasteiger partial charge in [-0.3, -0.25) is 4.79 Å². The first kappa shape index (κ1) is 26.9. The Morgan fingerprint density at radius 2 is 1.79 bits per heavy atom. The molecule has 2 unspecified atom stereocenters. The Hall–Kier alpha value is -3.65. The van der Waals surface area contributed by atoms with E-state index in [-0.39, 0.29) is 55.6 Å². The minimum absolute atomic E-state index is 0.110. The van der Waals surface area contributed by atoms with Gasteiger partial charge < -0.3 is 15.4 Å². The van der Waals surface area contributed by atoms with Gasteiger partial charge >= 0.3 is 5.56 Å². The number of nitrogens with zero attached hydrogens (tertiary/aromatic N) is 5. The lowest BCUT2D eigenvalue weighted by atomic mass is 10.2. The normalized spacial score (nSPS) is 20.3. The van der Waals surface area contributed by atoms with Gasteiger partial charge in [-0.25, -0.2) is 26.6 Å². The first-order chi connectivity index (χ1) is 18.6. The lowest BCUT2D eigenvalue weighted by Gasteiger charge is -2.36. The van der Waals surface area contributed by atoms with Crippen LogP contribution in [0.5, 0.6) is 5.75 Å². The molecule has 1 saturated carbocycles. The molecule has 2 aliphatic rings. The summed E-state index contributed by atoms with van der Waals surface area (Å²) < 4.78 is 75.7. The van der Waals surface area contributed by atoms with E-state index in [2.05, 4.69) is 10.1 Å². The Morgan fingerprint density at radius 3 is 2.44 bits per heavy atom. The number of alkyl halides is 1. The first-order valence-corrected chi connectivity index (χ1v) is 14.0. The van der Waals surface area contributed by atoms with Gasteiger partial charge in [0.1, 0.15) is 35.4 Å². The SMILES string of the molecule is Nc1ncccc1CS(=O)(=O)N1CCN(c2cnn(-c3cc(F)cc(F)c3)c(=O)c2OC2CCC(F)C2)CC1. The molecule has 3 aromatic rings. The molecule has 0 radical (unpaired) electrons. The van der Waals surface area contributed by atoms with Crippen molar-refractivity contribution in [3.8, 4) is 11.4 Å². The number of ether oxygens (including phenoxy) is 1. The monoisotopic (exact) mass is 564 g/mol. The van der Waals surface area contributed by atoms with Crippen molar-refractivity contribution in [3.05, 3.63) is 70.3 Å². The largest absolute Gasteiger partial charge is 0.483 e. The molecule has 2 fully saturated rings. The van der Waals surface area contributed by atoms with Crippen molar-refractivity contribution in [2.45, 2.75) is 37.3 Å². The summed E-state index contributed by atoms with van der Waals surface area (Å²) in [6.45, 7) is 0.675. The summed E-state index contributed by atoms with van der Waals surface area (Å²) in [5, 5.41) is 4.11. The van der Waals surface area contributed by atoms with Crippen LogP contribution in [0.1, 0.15) is 24.8 Å². The molecule has 2 aromatic heterocycles. The average Bonchev–Trinajstić information content (AvgIpc) is 3.30. The predicted octanol–water partition coefficient (Wildman–Crippen LogP) is 2.41. The molecule has 2 N–H and O–H groups in total. The quantitative estimate of drug-likeness (QED) is 0.464. The van der Waals surface area contributed by atoms with Gasteiger partial charge in [-0.05, 0) is 31.0 Å². The fourth-order valence-electron chi connectivity index (χ4n) is 4.84. The van der Waals surface area contributed by atoms with Crippen molar-refractivity contribution < 1.29 is 26.3 Å². The number of piperazine rings is 1. The van der Waals surface area contributed by atoms with E-state index in [1.165, 1.54) is 16.7 Å². The summed E-state index contributed by atoms with van der Waals surface area (Å²) in [7, 11) is -3.70. The maximum absolute atomic E-state index is 13.9. The molecular weight excluding hydrogens is 537 g/mol. The van der Waals surface area contributed by atoms with Crippen molar-refractivity contribution in [2.24, 2.45) is 0 Å². The molecular formula is C25H27F3N6O4S. The molecule has 1 aliphatic heterocycles. The van der Waals surface area contributed by atoms with E-state index >= 15 is 0 Å². The zero-order chi connectivity index (χ0) is 27.7. The lowest BCUT2D eigenvalue weighted by Crippen LogP contribution is -2.49. The third-order valence-corrected chi connectivity index (χ3v) is 8.68. The van der Waals surface area contributed by atoms with Crippen LogP contribution in [0.3, 0.4) is 0 Å². The summed E-state index contributed by atoms with van der Waals surface area (Å²) in [5.41, 5.74) is 5.62. The second-order valence-electron chi connectivity index (χ2n) is 9.54. The molecule has 0 spiro atoms. The van der Waals surface area contributed by atoms with Crippen molar-refractivity contribution in [3.63, 3.8) is 0 Å². The fourth-order valence-corrected chi connectivity index (χ4v) is 6.38. The number of benzene rings is 1. The molecule has 2 atom stereocenters. The second kappa shape index (κ2) is 10.8. The van der Waals surface area contributed by atoms with Gasteiger partial charge in [0.05, 0.1) is 17.6 Å². The number of halogens is 3. The van der Waals surface area contributed by atoms with E-state index < -0.39 is 39.5 Å². The highest BCUT2D eigenvalue weighted by molar-refractivity contribution is 7.88. The molecule has 39 heavy (non-hydrogen) atoms. The number of hydrogen-bond donors (Lipinski definition) is 1. The van der Waals surface area contributed by atoms with Gasteiger partial charge in [0, 0.05) is 50.4 Å². The van der Waals surface area contributed by atoms with Crippen LogP contribution in [-0.2, 0) is 15.8 Å². The predicted molar refractivity (Wildman–Crippen MR) is 138 cm³/mol. The molecule has 0 amide bonds. The van der Waals surface area contributed by atoms with Crippen molar-refractivity contribution in [2.75, 3.05) is 36.8 Å².